The number of nitrogens with zero attached hydrogens (tertiary/aromatic N) is 2. The Labute approximate surface area is 182 Å². The van der Waals surface area contributed by atoms with Gasteiger partial charge in [-0.25, -0.2) is 4.79 Å². The number of aromatic nitrogens is 1. The highest BCUT2D eigenvalue weighted by molar-refractivity contribution is 5.90. The third kappa shape index (κ3) is 4.89. The molecule has 0 aliphatic carbocycles. The quantitative estimate of drug-likeness (QED) is 0.415. The molecular weight excluding hydrogens is 386 g/mol. The molecule has 0 unspecified atom stereocenters. The summed E-state index contributed by atoms with van der Waals surface area (Å²) in [6.07, 6.45) is 2.10. The molecule has 2 amide bonds. The molecule has 1 heterocycles. The fraction of sp³-hybridized carbons (Fsp3) is 0.192. The molecule has 5 nitrogen and oxygen atoms in total. The van der Waals surface area contributed by atoms with E-state index in [0.717, 1.165) is 33.5 Å². The van der Waals surface area contributed by atoms with Gasteiger partial charge in [0.1, 0.15) is 5.75 Å². The van der Waals surface area contributed by atoms with Crippen molar-refractivity contribution in [2.45, 2.75) is 20.0 Å². The van der Waals surface area contributed by atoms with Crippen molar-refractivity contribution in [3.63, 3.8) is 0 Å². The number of carbonyl (C=O) groups excluding carboxylic acids is 1. The average Bonchev–Trinajstić information content (AvgIpc) is 3.11. The molecule has 1 aromatic heterocycles. The first-order valence-corrected chi connectivity index (χ1v) is 10.5. The Morgan fingerprint density at radius 3 is 2.39 bits per heavy atom. The Balaban J connectivity index is 1.58. The number of urea groups is 1. The monoisotopic (exact) mass is 413 g/mol. The van der Waals surface area contributed by atoms with E-state index in [2.05, 4.69) is 28.2 Å². The molecular formula is C26H27N3O2. The lowest BCUT2D eigenvalue weighted by Crippen LogP contribution is -2.34. The zero-order valence-electron chi connectivity index (χ0n) is 17.9. The summed E-state index contributed by atoms with van der Waals surface area (Å²) in [6.45, 7) is 3.60. The van der Waals surface area contributed by atoms with E-state index in [0.29, 0.717) is 19.7 Å². The lowest BCUT2D eigenvalue weighted by Gasteiger charge is -2.23. The highest BCUT2D eigenvalue weighted by Crippen LogP contribution is 2.23. The van der Waals surface area contributed by atoms with Gasteiger partial charge in [-0.1, -0.05) is 48.5 Å². The first-order valence-electron chi connectivity index (χ1n) is 10.5. The van der Waals surface area contributed by atoms with Crippen LogP contribution >= 0.6 is 0 Å². The second-order valence-corrected chi connectivity index (χ2v) is 7.51. The Kier molecular flexibility index (Phi) is 6.22. The maximum absolute atomic E-state index is 13.3. The molecule has 31 heavy (non-hydrogen) atoms. The van der Waals surface area contributed by atoms with Gasteiger partial charge in [-0.2, -0.15) is 0 Å². The molecule has 0 fully saturated rings. The van der Waals surface area contributed by atoms with Crippen molar-refractivity contribution in [3.8, 4) is 5.75 Å². The van der Waals surface area contributed by atoms with Gasteiger partial charge in [-0.05, 0) is 48.4 Å². The molecule has 0 saturated heterocycles. The van der Waals surface area contributed by atoms with E-state index in [-0.39, 0.29) is 6.03 Å². The predicted octanol–water partition coefficient (Wildman–Crippen LogP) is 5.81. The van der Waals surface area contributed by atoms with Crippen molar-refractivity contribution in [2.24, 2.45) is 7.05 Å². The molecule has 158 valence electrons. The third-order valence-electron chi connectivity index (χ3n) is 5.26. The van der Waals surface area contributed by atoms with Crippen molar-refractivity contribution in [1.29, 1.82) is 0 Å². The van der Waals surface area contributed by atoms with Gasteiger partial charge < -0.3 is 19.5 Å². The second kappa shape index (κ2) is 9.39. The number of ether oxygens (including phenoxy) is 1. The summed E-state index contributed by atoms with van der Waals surface area (Å²) >= 11 is 0. The molecule has 0 atom stereocenters. The van der Waals surface area contributed by atoms with Crippen LogP contribution < -0.4 is 10.1 Å². The Bertz CT molecular complexity index is 1150. The van der Waals surface area contributed by atoms with Crippen molar-refractivity contribution >= 4 is 22.6 Å². The SMILES string of the molecule is CCOc1ccc(NC(=O)N(Cc2ccccc2)Cc2cn(C)c3ccccc23)cc1. The first-order chi connectivity index (χ1) is 15.1. The van der Waals surface area contributed by atoms with Gasteiger partial charge in [0.05, 0.1) is 6.61 Å². The number of rotatable bonds is 7. The summed E-state index contributed by atoms with van der Waals surface area (Å²) in [5.74, 6) is 0.789. The van der Waals surface area contributed by atoms with Gasteiger partial charge in [0.25, 0.3) is 0 Å². The molecule has 4 aromatic rings. The lowest BCUT2D eigenvalue weighted by atomic mass is 10.1. The van der Waals surface area contributed by atoms with Gasteiger partial charge in [-0.15, -0.1) is 0 Å². The van der Waals surface area contributed by atoms with Crippen LogP contribution in [0.4, 0.5) is 10.5 Å². The van der Waals surface area contributed by atoms with E-state index in [9.17, 15) is 4.79 Å². The van der Waals surface area contributed by atoms with Crippen molar-refractivity contribution in [3.05, 3.63) is 96.2 Å². The number of hydrogen-bond donors (Lipinski definition) is 1. The molecule has 5 heteroatoms. The number of para-hydroxylation sites is 1. The van der Waals surface area contributed by atoms with Crippen LogP contribution in [-0.2, 0) is 20.1 Å². The van der Waals surface area contributed by atoms with Crippen LogP contribution in [0, 0.1) is 0 Å². The van der Waals surface area contributed by atoms with Gasteiger partial charge in [0, 0.05) is 42.9 Å². The molecule has 0 saturated carbocycles. The van der Waals surface area contributed by atoms with Gasteiger partial charge in [0.2, 0.25) is 0 Å². The summed E-state index contributed by atoms with van der Waals surface area (Å²) in [6, 6.07) is 25.7. The molecule has 0 bridgehead atoms. The van der Waals surface area contributed by atoms with Crippen LogP contribution in [0.2, 0.25) is 0 Å². The van der Waals surface area contributed by atoms with E-state index >= 15 is 0 Å². The van der Waals surface area contributed by atoms with Crippen molar-refractivity contribution < 1.29 is 9.53 Å². The highest BCUT2D eigenvalue weighted by atomic mass is 16.5. The van der Waals surface area contributed by atoms with Crippen molar-refractivity contribution in [2.75, 3.05) is 11.9 Å². The number of hydrogen-bond acceptors (Lipinski definition) is 2. The Morgan fingerprint density at radius 1 is 0.935 bits per heavy atom. The molecule has 0 aliphatic heterocycles. The van der Waals surface area contributed by atoms with E-state index in [1.165, 1.54) is 0 Å². The predicted molar refractivity (Wildman–Crippen MR) is 125 cm³/mol. The van der Waals surface area contributed by atoms with Crippen molar-refractivity contribution in [1.82, 2.24) is 9.47 Å². The standard InChI is InChI=1S/C26H27N3O2/c1-3-31-23-15-13-22(14-16-23)27-26(30)29(17-20-9-5-4-6-10-20)19-21-18-28(2)25-12-8-7-11-24(21)25/h4-16,18H,3,17,19H2,1-2H3,(H,27,30). The molecule has 0 spiro atoms. The Hall–Kier alpha value is -3.73. The summed E-state index contributed by atoms with van der Waals surface area (Å²) in [7, 11) is 2.04. The number of carbonyl (C=O) groups is 1. The van der Waals surface area contributed by atoms with E-state index in [4.69, 9.17) is 4.74 Å². The summed E-state index contributed by atoms with van der Waals surface area (Å²) in [5.41, 5.74) is 4.11. The summed E-state index contributed by atoms with van der Waals surface area (Å²) < 4.78 is 7.60. The maximum Gasteiger partial charge on any atom is 0.322 e. The molecule has 3 aromatic carbocycles. The van der Waals surface area contributed by atoms with Crippen LogP contribution in [0.25, 0.3) is 10.9 Å². The van der Waals surface area contributed by atoms with Gasteiger partial charge in [-0.3, -0.25) is 0 Å². The minimum absolute atomic E-state index is 0.138. The van der Waals surface area contributed by atoms with E-state index < -0.39 is 0 Å². The molecule has 4 rings (SSSR count). The zero-order valence-corrected chi connectivity index (χ0v) is 17.9. The normalized spacial score (nSPS) is 10.8. The number of amides is 2. The second-order valence-electron chi connectivity index (χ2n) is 7.51. The number of anilines is 1. The van der Waals surface area contributed by atoms with Gasteiger partial charge in [0.15, 0.2) is 0 Å². The van der Waals surface area contributed by atoms with Crippen LogP contribution in [0.3, 0.4) is 0 Å². The van der Waals surface area contributed by atoms with E-state index in [1.807, 2.05) is 85.6 Å². The summed E-state index contributed by atoms with van der Waals surface area (Å²) in [5, 5.41) is 4.20. The molecule has 0 radical (unpaired) electrons. The molecule has 0 aliphatic rings. The number of benzene rings is 3. The largest absolute Gasteiger partial charge is 0.494 e. The summed E-state index contributed by atoms with van der Waals surface area (Å²) in [4.78, 5) is 15.1. The Morgan fingerprint density at radius 2 is 1.65 bits per heavy atom. The topological polar surface area (TPSA) is 46.5 Å². The number of aryl methyl sites for hydroxylation is 1. The first kappa shape index (κ1) is 20.5. The average molecular weight is 414 g/mol. The minimum Gasteiger partial charge on any atom is -0.494 e. The van der Waals surface area contributed by atoms with Crippen LogP contribution in [0.1, 0.15) is 18.1 Å². The van der Waals surface area contributed by atoms with E-state index in [1.54, 1.807) is 0 Å². The minimum atomic E-state index is -0.138. The van der Waals surface area contributed by atoms with Crippen LogP contribution in [0.15, 0.2) is 85.1 Å². The third-order valence-corrected chi connectivity index (χ3v) is 5.26. The smallest absolute Gasteiger partial charge is 0.322 e. The molecule has 1 N–H and O–H groups in total. The fourth-order valence-corrected chi connectivity index (χ4v) is 3.76. The van der Waals surface area contributed by atoms with Gasteiger partial charge >= 0.3 is 6.03 Å². The fourth-order valence-electron chi connectivity index (χ4n) is 3.76. The zero-order chi connectivity index (χ0) is 21.6. The van der Waals surface area contributed by atoms with Crippen LogP contribution in [0.5, 0.6) is 5.75 Å². The lowest BCUT2D eigenvalue weighted by molar-refractivity contribution is 0.206. The van der Waals surface area contributed by atoms with Crippen LogP contribution in [-0.4, -0.2) is 22.1 Å². The number of nitrogens with one attached hydrogen (secondary N) is 1. The highest BCUT2D eigenvalue weighted by Gasteiger charge is 2.17. The maximum atomic E-state index is 13.3. The number of fused-ring (bicyclic) bond motifs is 1.